The molecule has 1 fully saturated rings. The van der Waals surface area contributed by atoms with Crippen molar-refractivity contribution in [3.8, 4) is 0 Å². The molecule has 19 heavy (non-hydrogen) atoms. The first-order valence-corrected chi connectivity index (χ1v) is 5.83. The lowest BCUT2D eigenvalue weighted by Crippen LogP contribution is -2.29. The van der Waals surface area contributed by atoms with E-state index in [-0.39, 0.29) is 42.5 Å². The van der Waals surface area contributed by atoms with Crippen LogP contribution in [0.5, 0.6) is 0 Å². The van der Waals surface area contributed by atoms with Gasteiger partial charge in [-0.2, -0.15) is 0 Å². The number of rotatable bonds is 3. The molecule has 1 aliphatic rings. The number of likely N-dealkylation sites (tertiary alicyclic amines) is 1. The van der Waals surface area contributed by atoms with Crippen LogP contribution in [0.15, 0.2) is 18.2 Å². The summed E-state index contributed by atoms with van der Waals surface area (Å²) in [6.07, 6.45) is 0.434. The second-order valence-corrected chi connectivity index (χ2v) is 4.25. The van der Waals surface area contributed by atoms with Crippen molar-refractivity contribution in [1.29, 1.82) is 0 Å². The zero-order chi connectivity index (χ0) is 14.0. The molecule has 0 unspecified atom stereocenters. The summed E-state index contributed by atoms with van der Waals surface area (Å²) < 4.78 is 4.67. The molecule has 0 aliphatic carbocycles. The highest BCUT2D eigenvalue weighted by molar-refractivity contribution is 6.02. The second-order valence-electron chi connectivity index (χ2n) is 4.25. The molecule has 1 heterocycles. The molecule has 0 radical (unpaired) electrons. The molecule has 1 aromatic rings. The highest BCUT2D eigenvalue weighted by Gasteiger charge is 2.30. The number of carbonyl (C=O) groups excluding carboxylic acids is 3. The van der Waals surface area contributed by atoms with Crippen molar-refractivity contribution in [1.82, 2.24) is 4.90 Å². The van der Waals surface area contributed by atoms with Crippen LogP contribution < -0.4 is 5.73 Å². The topological polar surface area (TPSA) is 89.7 Å². The van der Waals surface area contributed by atoms with Gasteiger partial charge in [0.25, 0.3) is 0 Å². The Balaban J connectivity index is 2.35. The maximum atomic E-state index is 11.7. The predicted octanol–water partition coefficient (Wildman–Crippen LogP) is 0.704. The molecule has 2 rings (SSSR count). The SMILES string of the molecule is COC(=O)c1c(N)cccc1CN1C(=O)CCC1=O. The first-order chi connectivity index (χ1) is 9.04. The molecule has 6 nitrogen and oxygen atoms in total. The lowest BCUT2D eigenvalue weighted by molar-refractivity contribution is -0.139. The molecule has 0 bridgehead atoms. The Morgan fingerprint density at radius 1 is 1.32 bits per heavy atom. The summed E-state index contributed by atoms with van der Waals surface area (Å²) in [4.78, 5) is 36.0. The third kappa shape index (κ3) is 2.42. The van der Waals surface area contributed by atoms with E-state index in [1.54, 1.807) is 18.2 Å². The Kier molecular flexibility index (Phi) is 3.50. The standard InChI is InChI=1S/C13H14N2O4/c1-19-13(18)12-8(3-2-4-9(12)14)7-15-10(16)5-6-11(15)17/h2-4H,5-7,14H2,1H3. The molecule has 1 saturated heterocycles. The Morgan fingerprint density at radius 2 is 1.95 bits per heavy atom. The maximum absolute atomic E-state index is 11.7. The van der Waals surface area contributed by atoms with Gasteiger partial charge < -0.3 is 10.5 Å². The van der Waals surface area contributed by atoms with Crippen molar-refractivity contribution >= 4 is 23.5 Å². The second kappa shape index (κ2) is 5.09. The molecule has 1 aliphatic heterocycles. The minimum atomic E-state index is -0.577. The van der Waals surface area contributed by atoms with E-state index in [4.69, 9.17) is 5.73 Å². The van der Waals surface area contributed by atoms with Crippen molar-refractivity contribution in [3.63, 3.8) is 0 Å². The predicted molar refractivity (Wildman–Crippen MR) is 67.0 cm³/mol. The van der Waals surface area contributed by atoms with Crippen LogP contribution in [0, 0.1) is 0 Å². The van der Waals surface area contributed by atoms with Gasteiger partial charge in [0.1, 0.15) is 0 Å². The van der Waals surface area contributed by atoms with Gasteiger partial charge in [-0.1, -0.05) is 12.1 Å². The van der Waals surface area contributed by atoms with Gasteiger partial charge in [-0.3, -0.25) is 14.5 Å². The number of esters is 1. The van der Waals surface area contributed by atoms with Crippen molar-refractivity contribution < 1.29 is 19.1 Å². The van der Waals surface area contributed by atoms with Gasteiger partial charge in [0, 0.05) is 18.5 Å². The van der Waals surface area contributed by atoms with E-state index in [1.165, 1.54) is 7.11 Å². The lowest BCUT2D eigenvalue weighted by Gasteiger charge is -2.16. The van der Waals surface area contributed by atoms with E-state index in [0.717, 1.165) is 4.90 Å². The highest BCUT2D eigenvalue weighted by Crippen LogP contribution is 2.22. The van der Waals surface area contributed by atoms with E-state index in [1.807, 2.05) is 0 Å². The average Bonchev–Trinajstić information content (AvgIpc) is 2.70. The molecule has 0 spiro atoms. The molecule has 0 atom stereocenters. The van der Waals surface area contributed by atoms with E-state index in [0.29, 0.717) is 5.56 Å². The Bertz CT molecular complexity index is 538. The number of ether oxygens (including phenoxy) is 1. The fourth-order valence-electron chi connectivity index (χ4n) is 2.07. The molecule has 100 valence electrons. The number of benzene rings is 1. The summed E-state index contributed by atoms with van der Waals surface area (Å²) in [5.41, 5.74) is 6.73. The summed E-state index contributed by atoms with van der Waals surface area (Å²) >= 11 is 0. The molecule has 2 N–H and O–H groups in total. The third-order valence-corrected chi connectivity index (χ3v) is 3.06. The number of nitrogens with two attached hydrogens (primary N) is 1. The smallest absolute Gasteiger partial charge is 0.340 e. The average molecular weight is 262 g/mol. The molecule has 6 heteroatoms. The Labute approximate surface area is 110 Å². The van der Waals surface area contributed by atoms with Crippen molar-refractivity contribution in [2.75, 3.05) is 12.8 Å². The van der Waals surface area contributed by atoms with Crippen molar-refractivity contribution in [2.45, 2.75) is 19.4 Å². The quantitative estimate of drug-likeness (QED) is 0.492. The van der Waals surface area contributed by atoms with Gasteiger partial charge in [-0.25, -0.2) is 4.79 Å². The summed E-state index contributed by atoms with van der Waals surface area (Å²) in [6.45, 7) is 0.0487. The first kappa shape index (κ1) is 13.1. The number of hydrogen-bond donors (Lipinski definition) is 1. The van der Waals surface area contributed by atoms with E-state index >= 15 is 0 Å². The van der Waals surface area contributed by atoms with Gasteiger partial charge in [0.15, 0.2) is 0 Å². The number of carbonyl (C=O) groups is 3. The van der Waals surface area contributed by atoms with Gasteiger partial charge in [-0.05, 0) is 11.6 Å². The summed E-state index contributed by atoms with van der Waals surface area (Å²) in [5.74, 6) is -1.04. The molecule has 2 amide bonds. The van der Waals surface area contributed by atoms with Crippen LogP contribution in [0.3, 0.4) is 0 Å². The number of nitrogen functional groups attached to an aromatic ring is 1. The Hall–Kier alpha value is -2.37. The van der Waals surface area contributed by atoms with Crippen LogP contribution in [0.4, 0.5) is 5.69 Å². The number of anilines is 1. The number of nitrogens with zero attached hydrogens (tertiary/aromatic N) is 1. The molecule has 0 saturated carbocycles. The van der Waals surface area contributed by atoms with Crippen LogP contribution in [0.1, 0.15) is 28.8 Å². The largest absolute Gasteiger partial charge is 0.465 e. The number of hydrogen-bond acceptors (Lipinski definition) is 5. The van der Waals surface area contributed by atoms with Crippen LogP contribution >= 0.6 is 0 Å². The summed E-state index contributed by atoms with van der Waals surface area (Å²) in [7, 11) is 1.25. The zero-order valence-corrected chi connectivity index (χ0v) is 10.5. The van der Waals surface area contributed by atoms with Gasteiger partial charge in [-0.15, -0.1) is 0 Å². The zero-order valence-electron chi connectivity index (χ0n) is 10.5. The van der Waals surface area contributed by atoms with Crippen LogP contribution in [0.2, 0.25) is 0 Å². The van der Waals surface area contributed by atoms with E-state index < -0.39 is 5.97 Å². The van der Waals surface area contributed by atoms with E-state index in [2.05, 4.69) is 4.74 Å². The van der Waals surface area contributed by atoms with Gasteiger partial charge >= 0.3 is 5.97 Å². The van der Waals surface area contributed by atoms with Crippen molar-refractivity contribution in [2.24, 2.45) is 0 Å². The molecular formula is C13H14N2O4. The van der Waals surface area contributed by atoms with Gasteiger partial charge in [0.2, 0.25) is 11.8 Å². The van der Waals surface area contributed by atoms with Crippen LogP contribution in [0.25, 0.3) is 0 Å². The first-order valence-electron chi connectivity index (χ1n) is 5.83. The van der Waals surface area contributed by atoms with Crippen molar-refractivity contribution in [3.05, 3.63) is 29.3 Å². The van der Waals surface area contributed by atoms with Gasteiger partial charge in [0.05, 0.1) is 19.2 Å². The summed E-state index contributed by atoms with van der Waals surface area (Å²) in [6, 6.07) is 4.90. The minimum Gasteiger partial charge on any atom is -0.465 e. The number of imide groups is 1. The van der Waals surface area contributed by atoms with Crippen LogP contribution in [-0.2, 0) is 20.9 Å². The summed E-state index contributed by atoms with van der Waals surface area (Å²) in [5, 5.41) is 0. The number of amides is 2. The fourth-order valence-corrected chi connectivity index (χ4v) is 2.07. The monoisotopic (exact) mass is 262 g/mol. The molecule has 1 aromatic carbocycles. The molecule has 0 aromatic heterocycles. The maximum Gasteiger partial charge on any atom is 0.340 e. The van der Waals surface area contributed by atoms with E-state index in [9.17, 15) is 14.4 Å². The lowest BCUT2D eigenvalue weighted by atomic mass is 10.0. The molecular weight excluding hydrogens is 248 g/mol. The number of methoxy groups -OCH3 is 1. The minimum absolute atomic E-state index is 0.0487. The third-order valence-electron chi connectivity index (χ3n) is 3.06. The Morgan fingerprint density at radius 3 is 2.53 bits per heavy atom. The van der Waals surface area contributed by atoms with Crippen LogP contribution in [-0.4, -0.2) is 29.8 Å². The fraction of sp³-hybridized carbons (Fsp3) is 0.308. The highest BCUT2D eigenvalue weighted by atomic mass is 16.5. The normalized spacial score (nSPS) is 14.9.